The Morgan fingerprint density at radius 1 is 1.29 bits per heavy atom. The van der Waals surface area contributed by atoms with E-state index in [0.29, 0.717) is 5.56 Å². The summed E-state index contributed by atoms with van der Waals surface area (Å²) in [4.78, 5) is 0. The molecule has 1 aromatic carbocycles. The molecule has 0 aliphatic heterocycles. The van der Waals surface area contributed by atoms with Crippen LogP contribution in [0, 0.1) is 12.7 Å². The number of rotatable bonds is 4. The molecule has 0 unspecified atom stereocenters. The topological polar surface area (TPSA) is 17.8 Å². The number of halogens is 1. The zero-order valence-corrected chi connectivity index (χ0v) is 13.7. The molecule has 0 saturated heterocycles. The normalized spacial score (nSPS) is 10.0. The van der Waals surface area contributed by atoms with Crippen LogP contribution in [0.15, 0.2) is 36.4 Å². The second-order valence-electron chi connectivity index (χ2n) is 5.08. The van der Waals surface area contributed by atoms with E-state index in [1.54, 1.807) is 10.7 Å². The lowest BCUT2D eigenvalue weighted by Crippen LogP contribution is -1.96. The van der Waals surface area contributed by atoms with Gasteiger partial charge in [-0.05, 0) is 50.5 Å². The first-order valence-electron chi connectivity index (χ1n) is 7.41. The molecular formula is C18H25FN2. The Morgan fingerprint density at radius 2 is 1.95 bits per heavy atom. The van der Waals surface area contributed by atoms with Gasteiger partial charge in [-0.3, -0.25) is 4.68 Å². The lowest BCUT2D eigenvalue weighted by Gasteiger charge is -2.04. The largest absolute Gasteiger partial charge is 0.268 e. The van der Waals surface area contributed by atoms with Gasteiger partial charge in [0.15, 0.2) is 0 Å². The molecule has 0 spiro atoms. The molecule has 1 aromatic heterocycles. The Bertz CT molecular complexity index is 612. The minimum Gasteiger partial charge on any atom is -0.268 e. The highest BCUT2D eigenvalue weighted by Crippen LogP contribution is 2.24. The maximum Gasteiger partial charge on any atom is 0.132 e. The minimum absolute atomic E-state index is 0.200. The molecule has 0 amide bonds. The molecule has 0 fully saturated rings. The standard InChI is InChI=1S/C16H19FN2.C2H6/c1-11(2)5-7-13-10-16(19(4)18-13)14-8-6-12(3)9-15(14)17;1-2/h6,8-10H,1,5,7H2,2-4H3;1-2H3. The fourth-order valence-electron chi connectivity index (χ4n) is 2.07. The fourth-order valence-corrected chi connectivity index (χ4v) is 2.07. The van der Waals surface area contributed by atoms with Crippen molar-refractivity contribution in [2.45, 2.75) is 40.5 Å². The minimum atomic E-state index is -0.200. The van der Waals surface area contributed by atoms with Crippen LogP contribution in [0.25, 0.3) is 11.3 Å². The fraction of sp³-hybridized carbons (Fsp3) is 0.389. The zero-order chi connectivity index (χ0) is 16.0. The lowest BCUT2D eigenvalue weighted by atomic mass is 10.1. The van der Waals surface area contributed by atoms with Gasteiger partial charge in [-0.25, -0.2) is 4.39 Å². The van der Waals surface area contributed by atoms with E-state index < -0.39 is 0 Å². The smallest absolute Gasteiger partial charge is 0.132 e. The van der Waals surface area contributed by atoms with Gasteiger partial charge < -0.3 is 0 Å². The number of aromatic nitrogens is 2. The predicted molar refractivity (Wildman–Crippen MR) is 87.8 cm³/mol. The molecule has 0 radical (unpaired) electrons. The molecule has 0 atom stereocenters. The molecule has 3 heteroatoms. The van der Waals surface area contributed by atoms with Crippen molar-refractivity contribution in [3.63, 3.8) is 0 Å². The number of hydrogen-bond acceptors (Lipinski definition) is 1. The first-order chi connectivity index (χ1) is 9.97. The van der Waals surface area contributed by atoms with Crippen LogP contribution in [-0.2, 0) is 13.5 Å². The van der Waals surface area contributed by atoms with Crippen molar-refractivity contribution in [3.8, 4) is 11.3 Å². The monoisotopic (exact) mass is 288 g/mol. The van der Waals surface area contributed by atoms with Gasteiger partial charge in [0.05, 0.1) is 11.4 Å². The maximum atomic E-state index is 14.0. The molecule has 0 N–H and O–H groups in total. The van der Waals surface area contributed by atoms with E-state index >= 15 is 0 Å². The van der Waals surface area contributed by atoms with Gasteiger partial charge in [0.2, 0.25) is 0 Å². The molecule has 2 nitrogen and oxygen atoms in total. The average molecular weight is 288 g/mol. The molecule has 21 heavy (non-hydrogen) atoms. The van der Waals surface area contributed by atoms with Crippen molar-refractivity contribution >= 4 is 0 Å². The molecule has 1 heterocycles. The predicted octanol–water partition coefficient (Wildman–Crippen LogP) is 5.07. The van der Waals surface area contributed by atoms with Crippen molar-refractivity contribution < 1.29 is 4.39 Å². The molecule has 0 aliphatic carbocycles. The van der Waals surface area contributed by atoms with E-state index in [1.807, 2.05) is 52.9 Å². The Balaban J connectivity index is 0.00000106. The van der Waals surface area contributed by atoms with Crippen LogP contribution in [0.3, 0.4) is 0 Å². The van der Waals surface area contributed by atoms with Crippen LogP contribution < -0.4 is 0 Å². The molecule has 0 bridgehead atoms. The third-order valence-corrected chi connectivity index (χ3v) is 3.14. The third kappa shape index (κ3) is 4.55. The summed E-state index contributed by atoms with van der Waals surface area (Å²) in [7, 11) is 1.85. The van der Waals surface area contributed by atoms with Crippen molar-refractivity contribution in [3.05, 3.63) is 53.5 Å². The zero-order valence-electron chi connectivity index (χ0n) is 13.7. The number of aryl methyl sites for hydroxylation is 3. The molecular weight excluding hydrogens is 263 g/mol. The summed E-state index contributed by atoms with van der Waals surface area (Å²) < 4.78 is 15.7. The van der Waals surface area contributed by atoms with Crippen LogP contribution in [-0.4, -0.2) is 9.78 Å². The van der Waals surface area contributed by atoms with Gasteiger partial charge in [0, 0.05) is 12.6 Å². The highest BCUT2D eigenvalue weighted by atomic mass is 19.1. The highest BCUT2D eigenvalue weighted by molar-refractivity contribution is 5.61. The quantitative estimate of drug-likeness (QED) is 0.718. The van der Waals surface area contributed by atoms with E-state index in [4.69, 9.17) is 0 Å². The van der Waals surface area contributed by atoms with Crippen LogP contribution in [0.5, 0.6) is 0 Å². The van der Waals surface area contributed by atoms with E-state index in [0.717, 1.165) is 35.4 Å². The number of nitrogens with zero attached hydrogens (tertiary/aromatic N) is 2. The van der Waals surface area contributed by atoms with Crippen molar-refractivity contribution in [1.82, 2.24) is 9.78 Å². The van der Waals surface area contributed by atoms with Crippen LogP contribution >= 0.6 is 0 Å². The molecule has 0 saturated carbocycles. The maximum absolute atomic E-state index is 14.0. The van der Waals surface area contributed by atoms with Crippen molar-refractivity contribution in [2.24, 2.45) is 7.05 Å². The van der Waals surface area contributed by atoms with Gasteiger partial charge in [0.25, 0.3) is 0 Å². The van der Waals surface area contributed by atoms with Crippen molar-refractivity contribution in [1.29, 1.82) is 0 Å². The van der Waals surface area contributed by atoms with Gasteiger partial charge in [0.1, 0.15) is 5.82 Å². The van der Waals surface area contributed by atoms with Crippen LogP contribution in [0.1, 0.15) is 38.4 Å². The van der Waals surface area contributed by atoms with Gasteiger partial charge in [-0.15, -0.1) is 6.58 Å². The molecule has 2 aromatic rings. The van der Waals surface area contributed by atoms with Crippen molar-refractivity contribution in [2.75, 3.05) is 0 Å². The lowest BCUT2D eigenvalue weighted by molar-refractivity contribution is 0.626. The first kappa shape index (κ1) is 17.2. The summed E-state index contributed by atoms with van der Waals surface area (Å²) in [6, 6.07) is 7.23. The number of allylic oxidation sites excluding steroid dienone is 1. The summed E-state index contributed by atoms with van der Waals surface area (Å²) in [6.07, 6.45) is 1.75. The number of benzene rings is 1. The Labute approximate surface area is 127 Å². The summed E-state index contributed by atoms with van der Waals surface area (Å²) in [5.41, 5.74) is 4.44. The van der Waals surface area contributed by atoms with E-state index in [-0.39, 0.29) is 5.82 Å². The van der Waals surface area contributed by atoms with Gasteiger partial charge in [-0.1, -0.05) is 25.5 Å². The number of hydrogen-bond donors (Lipinski definition) is 0. The van der Waals surface area contributed by atoms with E-state index in [2.05, 4.69) is 11.7 Å². The third-order valence-electron chi connectivity index (χ3n) is 3.14. The summed E-state index contributed by atoms with van der Waals surface area (Å²) in [5, 5.41) is 4.43. The Morgan fingerprint density at radius 3 is 2.52 bits per heavy atom. The van der Waals surface area contributed by atoms with E-state index in [9.17, 15) is 4.39 Å². The second kappa shape index (κ2) is 7.77. The average Bonchev–Trinajstić information content (AvgIpc) is 2.80. The Hall–Kier alpha value is -1.90. The molecule has 114 valence electrons. The van der Waals surface area contributed by atoms with Gasteiger partial charge >= 0.3 is 0 Å². The van der Waals surface area contributed by atoms with E-state index in [1.165, 1.54) is 0 Å². The summed E-state index contributed by atoms with van der Waals surface area (Å²) in [6.45, 7) is 11.8. The first-order valence-corrected chi connectivity index (χ1v) is 7.41. The van der Waals surface area contributed by atoms with Crippen LogP contribution in [0.4, 0.5) is 4.39 Å². The highest BCUT2D eigenvalue weighted by Gasteiger charge is 2.11. The summed E-state index contributed by atoms with van der Waals surface area (Å²) >= 11 is 0. The molecule has 0 aliphatic rings. The summed E-state index contributed by atoms with van der Waals surface area (Å²) in [5.74, 6) is -0.200. The van der Waals surface area contributed by atoms with Crippen LogP contribution in [0.2, 0.25) is 0 Å². The van der Waals surface area contributed by atoms with Gasteiger partial charge in [-0.2, -0.15) is 5.10 Å². The molecule has 2 rings (SSSR count). The second-order valence-corrected chi connectivity index (χ2v) is 5.08. The SMILES string of the molecule is C=C(C)CCc1cc(-c2ccc(C)cc2F)n(C)n1.CC. The Kier molecular flexibility index (Phi) is 6.35.